The summed E-state index contributed by atoms with van der Waals surface area (Å²) in [6.45, 7) is 6.30. The zero-order valence-electron chi connectivity index (χ0n) is 12.5. The minimum atomic E-state index is -0.133. The molecule has 0 spiro atoms. The molecule has 2 aromatic rings. The van der Waals surface area contributed by atoms with E-state index in [1.54, 1.807) is 0 Å². The topological polar surface area (TPSA) is 45.8 Å². The smallest absolute Gasteiger partial charge is 0.264 e. The molecule has 1 heterocycles. The number of benzene rings is 1. The van der Waals surface area contributed by atoms with Gasteiger partial charge in [-0.3, -0.25) is 4.79 Å². The van der Waals surface area contributed by atoms with Crippen molar-refractivity contribution in [3.63, 3.8) is 0 Å². The maximum absolute atomic E-state index is 12.3. The highest BCUT2D eigenvalue weighted by molar-refractivity contribution is 14.1. The summed E-state index contributed by atoms with van der Waals surface area (Å²) in [4.78, 5) is 20.2. The minimum absolute atomic E-state index is 0.0206. The maximum atomic E-state index is 12.3. The number of hydrogen-bond acceptors (Lipinski definition) is 2. The molecule has 1 aromatic carbocycles. The SMILES string of the molecule is CC(C)(C)c1nc(C2(c3ccccc3)CC2)[nH]c(=O)c1I. The monoisotopic (exact) mass is 394 g/mol. The van der Waals surface area contributed by atoms with E-state index in [1.165, 1.54) is 5.56 Å². The number of halogens is 1. The van der Waals surface area contributed by atoms with Crippen molar-refractivity contribution >= 4 is 22.6 Å². The van der Waals surface area contributed by atoms with E-state index in [0.29, 0.717) is 3.57 Å². The molecule has 1 aliphatic carbocycles. The first-order chi connectivity index (χ1) is 9.84. The summed E-state index contributed by atoms with van der Waals surface area (Å²) in [5.41, 5.74) is 1.89. The van der Waals surface area contributed by atoms with Gasteiger partial charge in [0.05, 0.1) is 11.1 Å². The van der Waals surface area contributed by atoms with Gasteiger partial charge in [-0.05, 0) is 41.0 Å². The van der Waals surface area contributed by atoms with E-state index >= 15 is 0 Å². The second-order valence-electron chi connectivity index (χ2n) is 6.78. The summed E-state index contributed by atoms with van der Waals surface area (Å²) in [7, 11) is 0. The minimum Gasteiger partial charge on any atom is -0.309 e. The lowest BCUT2D eigenvalue weighted by molar-refractivity contribution is 0.550. The van der Waals surface area contributed by atoms with Crippen LogP contribution in [0.3, 0.4) is 0 Å². The predicted octanol–water partition coefficient (Wildman–Crippen LogP) is 3.75. The molecule has 0 amide bonds. The van der Waals surface area contributed by atoms with Gasteiger partial charge in [-0.2, -0.15) is 0 Å². The largest absolute Gasteiger partial charge is 0.309 e. The molecule has 1 aromatic heterocycles. The Labute approximate surface area is 138 Å². The van der Waals surface area contributed by atoms with Crippen LogP contribution >= 0.6 is 22.6 Å². The van der Waals surface area contributed by atoms with Crippen LogP contribution in [0.4, 0.5) is 0 Å². The highest BCUT2D eigenvalue weighted by atomic mass is 127. The Morgan fingerprint density at radius 1 is 1.19 bits per heavy atom. The molecule has 0 saturated heterocycles. The van der Waals surface area contributed by atoms with E-state index in [4.69, 9.17) is 4.98 Å². The van der Waals surface area contributed by atoms with E-state index in [2.05, 4.69) is 60.5 Å². The third-order valence-electron chi connectivity index (χ3n) is 4.10. The van der Waals surface area contributed by atoms with Crippen LogP contribution in [-0.4, -0.2) is 9.97 Å². The second-order valence-corrected chi connectivity index (χ2v) is 7.85. The lowest BCUT2D eigenvalue weighted by Gasteiger charge is -2.22. The number of aromatic nitrogens is 2. The lowest BCUT2D eigenvalue weighted by Crippen LogP contribution is -2.28. The van der Waals surface area contributed by atoms with Gasteiger partial charge >= 0.3 is 0 Å². The third-order valence-corrected chi connectivity index (χ3v) is 5.10. The normalized spacial score (nSPS) is 16.8. The van der Waals surface area contributed by atoms with Crippen LogP contribution in [0.15, 0.2) is 35.1 Å². The molecule has 4 heteroatoms. The zero-order valence-corrected chi connectivity index (χ0v) is 14.7. The van der Waals surface area contributed by atoms with Crippen molar-refractivity contribution in [2.24, 2.45) is 0 Å². The van der Waals surface area contributed by atoms with E-state index in [1.807, 2.05) is 18.2 Å². The van der Waals surface area contributed by atoms with Crippen molar-refractivity contribution in [3.05, 3.63) is 61.3 Å². The molecule has 0 aliphatic heterocycles. The molecule has 1 aliphatic rings. The van der Waals surface area contributed by atoms with Crippen LogP contribution in [0.2, 0.25) is 0 Å². The average Bonchev–Trinajstić information content (AvgIpc) is 3.23. The molecule has 3 rings (SSSR count). The van der Waals surface area contributed by atoms with Gasteiger partial charge in [0.2, 0.25) is 0 Å². The lowest BCUT2D eigenvalue weighted by atomic mass is 9.90. The van der Waals surface area contributed by atoms with Crippen LogP contribution in [-0.2, 0) is 10.8 Å². The van der Waals surface area contributed by atoms with Gasteiger partial charge in [-0.1, -0.05) is 51.1 Å². The van der Waals surface area contributed by atoms with Crippen molar-refractivity contribution in [2.75, 3.05) is 0 Å². The van der Waals surface area contributed by atoms with E-state index in [0.717, 1.165) is 24.4 Å². The molecule has 0 unspecified atom stereocenters. The Bertz CT molecular complexity index is 725. The third kappa shape index (κ3) is 2.54. The van der Waals surface area contributed by atoms with Crippen molar-refractivity contribution < 1.29 is 0 Å². The Kier molecular flexibility index (Phi) is 3.47. The van der Waals surface area contributed by atoms with Crippen LogP contribution < -0.4 is 5.56 Å². The standard InChI is InChI=1S/C17H19IN2O/c1-16(2,3)13-12(18)14(21)20-15(19-13)17(9-10-17)11-7-5-4-6-8-11/h4-8H,9-10H2,1-3H3,(H,19,20,21). The number of nitrogens with one attached hydrogen (secondary N) is 1. The molecular weight excluding hydrogens is 375 g/mol. The average molecular weight is 394 g/mol. The number of nitrogens with zero attached hydrogens (tertiary/aromatic N) is 1. The van der Waals surface area contributed by atoms with E-state index in [9.17, 15) is 4.79 Å². The van der Waals surface area contributed by atoms with Crippen molar-refractivity contribution in [2.45, 2.75) is 44.4 Å². The van der Waals surface area contributed by atoms with Crippen LogP contribution in [0.25, 0.3) is 0 Å². The summed E-state index contributed by atoms with van der Waals surface area (Å²) in [6.07, 6.45) is 2.09. The molecule has 1 saturated carbocycles. The highest BCUT2D eigenvalue weighted by Gasteiger charge is 2.48. The van der Waals surface area contributed by atoms with Crippen LogP contribution in [0.5, 0.6) is 0 Å². The van der Waals surface area contributed by atoms with E-state index < -0.39 is 0 Å². The number of H-pyrrole nitrogens is 1. The van der Waals surface area contributed by atoms with Gasteiger partial charge in [0.1, 0.15) is 9.39 Å². The first kappa shape index (κ1) is 14.8. The molecule has 110 valence electrons. The van der Waals surface area contributed by atoms with Crippen LogP contribution in [0, 0.1) is 3.57 Å². The Hall–Kier alpha value is -1.17. The van der Waals surface area contributed by atoms with Gasteiger partial charge in [0.15, 0.2) is 0 Å². The van der Waals surface area contributed by atoms with Crippen LogP contribution in [0.1, 0.15) is 50.7 Å². The van der Waals surface area contributed by atoms with Gasteiger partial charge in [-0.15, -0.1) is 0 Å². The summed E-state index contributed by atoms with van der Waals surface area (Å²) in [5, 5.41) is 0. The number of rotatable bonds is 2. The van der Waals surface area contributed by atoms with Gasteiger partial charge in [-0.25, -0.2) is 4.98 Å². The first-order valence-corrected chi connectivity index (χ1v) is 8.29. The summed E-state index contributed by atoms with van der Waals surface area (Å²) >= 11 is 2.10. The molecule has 0 atom stereocenters. The summed E-state index contributed by atoms with van der Waals surface area (Å²) in [6, 6.07) is 10.4. The van der Waals surface area contributed by atoms with Crippen molar-refractivity contribution in [1.29, 1.82) is 0 Å². The Morgan fingerprint density at radius 3 is 2.33 bits per heavy atom. The molecule has 0 radical (unpaired) electrons. The Morgan fingerprint density at radius 2 is 1.81 bits per heavy atom. The van der Waals surface area contributed by atoms with Crippen molar-refractivity contribution in [3.8, 4) is 0 Å². The van der Waals surface area contributed by atoms with Gasteiger partial charge in [0.25, 0.3) is 5.56 Å². The summed E-state index contributed by atoms with van der Waals surface area (Å²) in [5.74, 6) is 0.823. The quantitative estimate of drug-likeness (QED) is 0.789. The number of hydrogen-bond donors (Lipinski definition) is 1. The summed E-state index contributed by atoms with van der Waals surface area (Å²) < 4.78 is 0.702. The molecule has 0 bridgehead atoms. The fourth-order valence-corrected chi connectivity index (χ4v) is 3.79. The first-order valence-electron chi connectivity index (χ1n) is 7.21. The molecule has 3 nitrogen and oxygen atoms in total. The molecule has 1 N–H and O–H groups in total. The van der Waals surface area contributed by atoms with Gasteiger partial charge < -0.3 is 4.98 Å². The van der Waals surface area contributed by atoms with Gasteiger partial charge in [0, 0.05) is 5.41 Å². The highest BCUT2D eigenvalue weighted by Crippen LogP contribution is 2.52. The molecule has 21 heavy (non-hydrogen) atoms. The maximum Gasteiger partial charge on any atom is 0.264 e. The fourth-order valence-electron chi connectivity index (χ4n) is 2.73. The van der Waals surface area contributed by atoms with Crippen molar-refractivity contribution in [1.82, 2.24) is 9.97 Å². The molecule has 1 fully saturated rings. The number of aromatic amines is 1. The Balaban J connectivity index is 2.17. The molecular formula is C17H19IN2O. The zero-order chi connectivity index (χ0) is 15.3. The fraction of sp³-hybridized carbons (Fsp3) is 0.412. The van der Waals surface area contributed by atoms with E-state index in [-0.39, 0.29) is 16.4 Å². The second kappa shape index (κ2) is 4.93. The predicted molar refractivity (Wildman–Crippen MR) is 92.7 cm³/mol.